The summed E-state index contributed by atoms with van der Waals surface area (Å²) >= 11 is 5.93. The molecule has 2 heterocycles. The highest BCUT2D eigenvalue weighted by molar-refractivity contribution is 6.31. The van der Waals surface area contributed by atoms with E-state index in [0.717, 1.165) is 18.6 Å². The number of anilines is 1. The molecular weight excluding hydrogens is 452 g/mol. The molecule has 2 atom stereocenters. The third-order valence-electron chi connectivity index (χ3n) is 5.46. The van der Waals surface area contributed by atoms with Gasteiger partial charge in [-0.1, -0.05) is 23.7 Å². The zero-order chi connectivity index (χ0) is 23.7. The number of hydrogen-bond acceptors (Lipinski definition) is 6. The monoisotopic (exact) mass is 473 g/mol. The van der Waals surface area contributed by atoms with E-state index in [-0.39, 0.29) is 34.2 Å². The fraction of sp³-hybridized carbons (Fsp3) is 0.261. The van der Waals surface area contributed by atoms with Gasteiger partial charge in [0, 0.05) is 35.8 Å². The van der Waals surface area contributed by atoms with Gasteiger partial charge in [-0.2, -0.15) is 0 Å². The molecule has 7 nitrogen and oxygen atoms in total. The number of aromatic nitrogens is 2. The third-order valence-corrected chi connectivity index (χ3v) is 5.84. The van der Waals surface area contributed by atoms with Crippen molar-refractivity contribution in [2.75, 3.05) is 18.8 Å². The molecule has 1 aromatic heterocycles. The first-order valence-electron chi connectivity index (χ1n) is 10.3. The van der Waals surface area contributed by atoms with Crippen molar-refractivity contribution in [2.24, 2.45) is 5.73 Å². The highest BCUT2D eigenvalue weighted by Gasteiger charge is 2.25. The van der Waals surface area contributed by atoms with E-state index in [4.69, 9.17) is 27.8 Å². The van der Waals surface area contributed by atoms with E-state index < -0.39 is 17.7 Å². The Balaban J connectivity index is 1.61. The van der Waals surface area contributed by atoms with E-state index in [1.807, 2.05) is 0 Å². The molecule has 1 aliphatic rings. The summed E-state index contributed by atoms with van der Waals surface area (Å²) in [5, 5.41) is -0.377. The Bertz CT molecular complexity index is 1210. The maximum Gasteiger partial charge on any atom is 0.258 e. The number of amides is 1. The highest BCUT2D eigenvalue weighted by Crippen LogP contribution is 2.33. The molecule has 1 unspecified atom stereocenters. The summed E-state index contributed by atoms with van der Waals surface area (Å²) in [6.07, 6.45) is 1.22. The number of hydrogen-bond donors (Lipinski definition) is 2. The summed E-state index contributed by atoms with van der Waals surface area (Å²) in [5.41, 5.74) is 13.2. The van der Waals surface area contributed by atoms with Crippen LogP contribution in [-0.4, -0.2) is 39.9 Å². The summed E-state index contributed by atoms with van der Waals surface area (Å²) in [7, 11) is 0. The van der Waals surface area contributed by atoms with Gasteiger partial charge in [0.05, 0.1) is 16.9 Å². The Morgan fingerprint density at radius 3 is 2.76 bits per heavy atom. The number of nitrogen functional groups attached to an aromatic ring is 1. The SMILES string of the molecule is CC(Oc1nc(-c2cccc(C(=O)N3CC[C@H](N)C3)c2)cnc1N)c1c(F)ccc(F)c1Cl. The molecule has 1 saturated heterocycles. The van der Waals surface area contributed by atoms with Crippen LogP contribution < -0.4 is 16.2 Å². The number of likely N-dealkylation sites (tertiary alicyclic amines) is 1. The first-order valence-corrected chi connectivity index (χ1v) is 10.7. The molecule has 0 aliphatic carbocycles. The minimum atomic E-state index is -0.993. The number of nitrogens with two attached hydrogens (primary N) is 2. The zero-order valence-electron chi connectivity index (χ0n) is 17.8. The Morgan fingerprint density at radius 1 is 1.27 bits per heavy atom. The molecule has 0 spiro atoms. The minimum absolute atomic E-state index is 0.0155. The lowest BCUT2D eigenvalue weighted by molar-refractivity contribution is 0.0791. The molecule has 4 rings (SSSR count). The van der Waals surface area contributed by atoms with Crippen molar-refractivity contribution >= 4 is 23.3 Å². The van der Waals surface area contributed by atoms with E-state index in [0.29, 0.717) is 29.9 Å². The number of rotatable bonds is 5. The third kappa shape index (κ3) is 4.74. The molecule has 0 radical (unpaired) electrons. The van der Waals surface area contributed by atoms with Crippen LogP contribution in [0.25, 0.3) is 11.3 Å². The van der Waals surface area contributed by atoms with Gasteiger partial charge in [0.15, 0.2) is 5.82 Å². The zero-order valence-corrected chi connectivity index (χ0v) is 18.5. The number of benzene rings is 2. The van der Waals surface area contributed by atoms with E-state index in [9.17, 15) is 13.6 Å². The number of halogens is 3. The van der Waals surface area contributed by atoms with Gasteiger partial charge in [-0.05, 0) is 37.6 Å². The van der Waals surface area contributed by atoms with Crippen LogP contribution in [0.2, 0.25) is 5.02 Å². The molecule has 4 N–H and O–H groups in total. The van der Waals surface area contributed by atoms with Crippen LogP contribution in [0.15, 0.2) is 42.6 Å². The van der Waals surface area contributed by atoms with Gasteiger partial charge in [-0.3, -0.25) is 4.79 Å². The second-order valence-electron chi connectivity index (χ2n) is 7.84. The van der Waals surface area contributed by atoms with E-state index in [2.05, 4.69) is 9.97 Å². The van der Waals surface area contributed by atoms with E-state index >= 15 is 0 Å². The first-order chi connectivity index (χ1) is 15.7. The normalized spacial score (nSPS) is 16.6. The van der Waals surface area contributed by atoms with E-state index in [1.54, 1.807) is 29.2 Å². The molecule has 2 aromatic carbocycles. The van der Waals surface area contributed by atoms with Crippen molar-refractivity contribution in [2.45, 2.75) is 25.5 Å². The second-order valence-corrected chi connectivity index (χ2v) is 8.22. The Morgan fingerprint density at radius 2 is 2.03 bits per heavy atom. The van der Waals surface area contributed by atoms with Crippen LogP contribution in [0, 0.1) is 11.6 Å². The second kappa shape index (κ2) is 9.29. The summed E-state index contributed by atoms with van der Waals surface area (Å²) in [6, 6.07) is 8.81. The standard InChI is InChI=1S/C23H22ClF2N5O2/c1-12(19-16(25)5-6-17(26)20(19)24)33-22-21(28)29-10-18(30-22)13-3-2-4-14(9-13)23(32)31-8-7-15(27)11-31/h2-6,9-10,12,15H,7-8,11,27H2,1H3,(H2,28,29)/t12?,15-/m0/s1. The Hall–Kier alpha value is -3.30. The Labute approximate surface area is 194 Å². The lowest BCUT2D eigenvalue weighted by Gasteiger charge is -2.18. The quantitative estimate of drug-likeness (QED) is 0.543. The van der Waals surface area contributed by atoms with Gasteiger partial charge < -0.3 is 21.1 Å². The number of carbonyl (C=O) groups is 1. The van der Waals surface area contributed by atoms with Crippen molar-refractivity contribution in [3.8, 4) is 17.1 Å². The van der Waals surface area contributed by atoms with Gasteiger partial charge >= 0.3 is 0 Å². The Kier molecular flexibility index (Phi) is 6.44. The predicted octanol–water partition coefficient (Wildman–Crippen LogP) is 3.97. The summed E-state index contributed by atoms with van der Waals surface area (Å²) in [4.78, 5) is 23.0. The molecule has 33 heavy (non-hydrogen) atoms. The maximum atomic E-state index is 14.3. The molecule has 0 bridgehead atoms. The molecule has 3 aromatic rings. The predicted molar refractivity (Wildman–Crippen MR) is 121 cm³/mol. The van der Waals surface area contributed by atoms with Gasteiger partial charge in [-0.25, -0.2) is 18.7 Å². The summed E-state index contributed by atoms with van der Waals surface area (Å²) in [6.45, 7) is 2.62. The minimum Gasteiger partial charge on any atom is -0.467 e. The average Bonchev–Trinajstić information content (AvgIpc) is 3.24. The van der Waals surface area contributed by atoms with Gasteiger partial charge in [0.2, 0.25) is 0 Å². The molecule has 10 heteroatoms. The van der Waals surface area contributed by atoms with Crippen molar-refractivity contribution in [1.82, 2.24) is 14.9 Å². The fourth-order valence-electron chi connectivity index (χ4n) is 3.71. The van der Waals surface area contributed by atoms with Crippen LogP contribution in [0.1, 0.15) is 35.4 Å². The molecule has 1 aliphatic heterocycles. The van der Waals surface area contributed by atoms with Crippen molar-refractivity contribution in [1.29, 1.82) is 0 Å². The molecule has 1 fully saturated rings. The molecule has 0 saturated carbocycles. The van der Waals surface area contributed by atoms with Crippen molar-refractivity contribution in [3.05, 3.63) is 70.4 Å². The number of ether oxygens (including phenoxy) is 1. The lowest BCUT2D eigenvalue weighted by Crippen LogP contribution is -2.31. The summed E-state index contributed by atoms with van der Waals surface area (Å²) in [5.74, 6) is -1.70. The van der Waals surface area contributed by atoms with Crippen molar-refractivity contribution in [3.63, 3.8) is 0 Å². The topological polar surface area (TPSA) is 107 Å². The van der Waals surface area contributed by atoms with E-state index in [1.165, 1.54) is 13.1 Å². The average molecular weight is 474 g/mol. The fourth-order valence-corrected chi connectivity index (χ4v) is 4.02. The number of carbonyl (C=O) groups excluding carboxylic acids is 1. The van der Waals surface area contributed by atoms with Gasteiger partial charge in [0.1, 0.15) is 17.7 Å². The molecular formula is C23H22ClF2N5O2. The van der Waals surface area contributed by atoms with Crippen molar-refractivity contribution < 1.29 is 18.3 Å². The molecule has 1 amide bonds. The largest absolute Gasteiger partial charge is 0.467 e. The first kappa shape index (κ1) is 22.9. The maximum absolute atomic E-state index is 14.3. The van der Waals surface area contributed by atoms with Crippen LogP contribution in [0.4, 0.5) is 14.6 Å². The van der Waals surface area contributed by atoms with Crippen LogP contribution in [0.5, 0.6) is 5.88 Å². The smallest absolute Gasteiger partial charge is 0.258 e. The van der Waals surface area contributed by atoms with Crippen LogP contribution in [0.3, 0.4) is 0 Å². The van der Waals surface area contributed by atoms with Crippen LogP contribution >= 0.6 is 11.6 Å². The summed E-state index contributed by atoms with van der Waals surface area (Å²) < 4.78 is 33.8. The molecule has 172 valence electrons. The lowest BCUT2D eigenvalue weighted by atomic mass is 10.1. The number of nitrogens with zero attached hydrogens (tertiary/aromatic N) is 3. The van der Waals surface area contributed by atoms with Gasteiger partial charge in [0.25, 0.3) is 11.8 Å². The van der Waals surface area contributed by atoms with Gasteiger partial charge in [-0.15, -0.1) is 0 Å². The highest BCUT2D eigenvalue weighted by atomic mass is 35.5. The van der Waals surface area contributed by atoms with Crippen LogP contribution in [-0.2, 0) is 0 Å².